The molecule has 0 aliphatic carbocycles. The minimum absolute atomic E-state index is 0.194. The summed E-state index contributed by atoms with van der Waals surface area (Å²) < 4.78 is 7.14. The van der Waals surface area contributed by atoms with E-state index in [1.165, 1.54) is 12.5 Å². The molecule has 0 spiro atoms. The van der Waals surface area contributed by atoms with Gasteiger partial charge in [0.25, 0.3) is 11.1 Å². The van der Waals surface area contributed by atoms with Crippen LogP contribution in [0.1, 0.15) is 56.1 Å². The molecule has 1 aromatic carbocycles. The topological polar surface area (TPSA) is 68.6 Å². The Bertz CT molecular complexity index is 1070. The molecule has 1 aliphatic heterocycles. The van der Waals surface area contributed by atoms with Gasteiger partial charge in [-0.25, -0.2) is 4.79 Å². The van der Waals surface area contributed by atoms with Crippen LogP contribution in [0.15, 0.2) is 35.2 Å². The van der Waals surface area contributed by atoms with Crippen LogP contribution in [0.25, 0.3) is 11.8 Å². The van der Waals surface area contributed by atoms with Gasteiger partial charge in [0.2, 0.25) is 0 Å². The summed E-state index contributed by atoms with van der Waals surface area (Å²) in [7, 11) is 0. The van der Waals surface area contributed by atoms with Gasteiger partial charge in [-0.1, -0.05) is 32.0 Å². The van der Waals surface area contributed by atoms with E-state index in [0.29, 0.717) is 10.8 Å². The summed E-state index contributed by atoms with van der Waals surface area (Å²) in [5.41, 5.74) is 5.23. The van der Waals surface area contributed by atoms with Gasteiger partial charge in [-0.05, 0) is 74.7 Å². The molecule has 6 nitrogen and oxygen atoms in total. The Morgan fingerprint density at radius 1 is 1.16 bits per heavy atom. The van der Waals surface area contributed by atoms with Gasteiger partial charge in [0.05, 0.1) is 11.5 Å². The second kappa shape index (κ2) is 9.14. The predicted octanol–water partition coefficient (Wildman–Crippen LogP) is 5.21. The number of benzene rings is 1. The van der Waals surface area contributed by atoms with E-state index >= 15 is 0 Å². The Kier molecular flexibility index (Phi) is 6.74. The minimum atomic E-state index is -0.955. The van der Waals surface area contributed by atoms with Crippen LogP contribution in [-0.2, 0) is 14.3 Å². The van der Waals surface area contributed by atoms with Crippen molar-refractivity contribution >= 4 is 35.0 Å². The third-order valence-electron chi connectivity index (χ3n) is 5.40. The van der Waals surface area contributed by atoms with E-state index in [9.17, 15) is 14.4 Å². The fourth-order valence-corrected chi connectivity index (χ4v) is 4.71. The minimum Gasteiger partial charge on any atom is -0.464 e. The van der Waals surface area contributed by atoms with Crippen molar-refractivity contribution in [3.63, 3.8) is 0 Å². The highest BCUT2D eigenvalue weighted by Crippen LogP contribution is 2.35. The largest absolute Gasteiger partial charge is 0.464 e. The first-order chi connectivity index (χ1) is 14.7. The number of aryl methyl sites for hydroxylation is 1. The molecule has 0 unspecified atom stereocenters. The van der Waals surface area contributed by atoms with E-state index in [2.05, 4.69) is 30.5 Å². The summed E-state index contributed by atoms with van der Waals surface area (Å²) in [6.45, 7) is 11.7. The van der Waals surface area contributed by atoms with Crippen LogP contribution in [0, 0.1) is 13.8 Å². The number of para-hydroxylation sites is 1. The van der Waals surface area contributed by atoms with Gasteiger partial charge in [-0.15, -0.1) is 0 Å². The number of hydrogen-bond donors (Lipinski definition) is 0. The second-order valence-corrected chi connectivity index (χ2v) is 8.85. The van der Waals surface area contributed by atoms with Crippen molar-refractivity contribution in [2.75, 3.05) is 6.61 Å². The predicted molar refractivity (Wildman–Crippen MR) is 123 cm³/mol. The molecule has 0 saturated carbocycles. The molecule has 31 heavy (non-hydrogen) atoms. The normalized spacial score (nSPS) is 16.5. The van der Waals surface area contributed by atoms with Gasteiger partial charge < -0.3 is 9.30 Å². The fraction of sp³-hybridized carbons (Fsp3) is 0.375. The van der Waals surface area contributed by atoms with Crippen LogP contribution in [0.2, 0.25) is 0 Å². The quantitative estimate of drug-likeness (QED) is 0.456. The molecule has 1 fully saturated rings. The van der Waals surface area contributed by atoms with E-state index in [1.807, 2.05) is 32.0 Å². The van der Waals surface area contributed by atoms with Crippen LogP contribution >= 0.6 is 11.8 Å². The summed E-state index contributed by atoms with van der Waals surface area (Å²) in [5, 5.41) is -0.462. The maximum Gasteiger partial charge on any atom is 0.329 e. The summed E-state index contributed by atoms with van der Waals surface area (Å²) in [4.78, 5) is 38.6. The molecule has 2 heterocycles. The van der Waals surface area contributed by atoms with Crippen molar-refractivity contribution in [2.45, 2.75) is 53.5 Å². The maximum atomic E-state index is 12.9. The molecule has 1 saturated heterocycles. The summed E-state index contributed by atoms with van der Waals surface area (Å²) in [6.07, 6.45) is 1.74. The van der Waals surface area contributed by atoms with E-state index in [-0.39, 0.29) is 6.61 Å². The van der Waals surface area contributed by atoms with Crippen molar-refractivity contribution in [3.05, 3.63) is 57.8 Å². The smallest absolute Gasteiger partial charge is 0.329 e. The molecule has 3 rings (SSSR count). The lowest BCUT2D eigenvalue weighted by molar-refractivity contribution is -0.150. The fourth-order valence-electron chi connectivity index (χ4n) is 3.81. The Hall–Kier alpha value is -2.80. The molecule has 2 amide bonds. The van der Waals surface area contributed by atoms with Crippen LogP contribution in [0.5, 0.6) is 0 Å². The molecule has 0 bridgehead atoms. The maximum absolute atomic E-state index is 12.9. The van der Waals surface area contributed by atoms with Crippen molar-refractivity contribution in [3.8, 4) is 5.69 Å². The third-order valence-corrected chi connectivity index (χ3v) is 6.28. The Balaban J connectivity index is 1.98. The number of imide groups is 1. The summed E-state index contributed by atoms with van der Waals surface area (Å²) >= 11 is 0.850. The van der Waals surface area contributed by atoms with E-state index in [1.54, 1.807) is 13.0 Å². The van der Waals surface area contributed by atoms with Crippen molar-refractivity contribution in [1.29, 1.82) is 0 Å². The third kappa shape index (κ3) is 4.32. The number of amides is 2. The molecule has 0 radical (unpaired) electrons. The number of rotatable bonds is 6. The zero-order valence-corrected chi connectivity index (χ0v) is 19.6. The first kappa shape index (κ1) is 22.9. The van der Waals surface area contributed by atoms with Crippen molar-refractivity contribution in [2.24, 2.45) is 0 Å². The number of ether oxygens (including phenoxy) is 1. The number of carbonyl (C=O) groups excluding carboxylic acids is 3. The molecule has 0 N–H and O–H groups in total. The molecule has 164 valence electrons. The number of nitrogens with zero attached hydrogens (tertiary/aromatic N) is 2. The van der Waals surface area contributed by atoms with E-state index < -0.39 is 23.2 Å². The van der Waals surface area contributed by atoms with E-state index in [0.717, 1.165) is 39.3 Å². The highest BCUT2D eigenvalue weighted by atomic mass is 32.2. The lowest BCUT2D eigenvalue weighted by atomic mass is 10.0. The number of thioether (sulfide) groups is 1. The Morgan fingerprint density at radius 2 is 1.84 bits per heavy atom. The van der Waals surface area contributed by atoms with Gasteiger partial charge >= 0.3 is 5.97 Å². The lowest BCUT2D eigenvalue weighted by Gasteiger charge is -2.19. The van der Waals surface area contributed by atoms with E-state index in [4.69, 9.17) is 4.74 Å². The van der Waals surface area contributed by atoms with Crippen LogP contribution in [-0.4, -0.2) is 39.2 Å². The van der Waals surface area contributed by atoms with Crippen molar-refractivity contribution in [1.82, 2.24) is 9.47 Å². The molecule has 1 aromatic heterocycles. The second-order valence-electron chi connectivity index (χ2n) is 7.86. The van der Waals surface area contributed by atoms with Crippen LogP contribution < -0.4 is 0 Å². The molecule has 2 aromatic rings. The highest BCUT2D eigenvalue weighted by molar-refractivity contribution is 8.18. The molecule has 7 heteroatoms. The van der Waals surface area contributed by atoms with Crippen molar-refractivity contribution < 1.29 is 19.1 Å². The first-order valence-corrected chi connectivity index (χ1v) is 11.2. The summed E-state index contributed by atoms with van der Waals surface area (Å²) in [6, 6.07) is 9.32. The standard InChI is InChI=1S/C24H28N2O4S/c1-7-30-23(28)17(6)26-22(27)21(31-24(26)29)13-18-12-15(4)25(16(18)5)20-11-9-8-10-19(20)14(2)3/h8-14,17H,7H2,1-6H3/b21-13+/t17-/m0/s1. The lowest BCUT2D eigenvalue weighted by Crippen LogP contribution is -2.42. The van der Waals surface area contributed by atoms with Gasteiger partial charge in [0.15, 0.2) is 0 Å². The zero-order chi connectivity index (χ0) is 22.9. The molecular weight excluding hydrogens is 412 g/mol. The zero-order valence-electron chi connectivity index (χ0n) is 18.8. The number of aromatic nitrogens is 1. The molecule has 1 atom stereocenters. The van der Waals surface area contributed by atoms with Crippen LogP contribution in [0.3, 0.4) is 0 Å². The highest BCUT2D eigenvalue weighted by Gasteiger charge is 2.41. The number of hydrogen-bond acceptors (Lipinski definition) is 5. The number of esters is 1. The summed E-state index contributed by atoms with van der Waals surface area (Å²) in [5.74, 6) is -0.695. The van der Waals surface area contributed by atoms with Crippen LogP contribution in [0.4, 0.5) is 4.79 Å². The average molecular weight is 441 g/mol. The van der Waals surface area contributed by atoms with Gasteiger partial charge in [-0.2, -0.15) is 0 Å². The average Bonchev–Trinajstić information content (AvgIpc) is 3.15. The van der Waals surface area contributed by atoms with Gasteiger partial charge in [0.1, 0.15) is 6.04 Å². The SMILES string of the molecule is CCOC(=O)[C@H](C)N1C(=O)S/C(=C/c2cc(C)n(-c3ccccc3C(C)C)c2C)C1=O. The number of carbonyl (C=O) groups is 3. The van der Waals surface area contributed by atoms with Gasteiger partial charge in [-0.3, -0.25) is 14.5 Å². The monoisotopic (exact) mass is 440 g/mol. The molecule has 1 aliphatic rings. The van der Waals surface area contributed by atoms with Gasteiger partial charge in [0, 0.05) is 17.1 Å². The first-order valence-electron chi connectivity index (χ1n) is 10.4. The Morgan fingerprint density at radius 3 is 2.48 bits per heavy atom. The Labute approximate surface area is 187 Å². The molecular formula is C24H28N2O4S.